The number of phenols is 1. The van der Waals surface area contributed by atoms with Gasteiger partial charge in [0.2, 0.25) is 11.8 Å². The lowest BCUT2D eigenvalue weighted by molar-refractivity contribution is -0.157. The lowest BCUT2D eigenvalue weighted by Crippen LogP contribution is -2.74. The highest BCUT2D eigenvalue weighted by Gasteiger charge is 2.57. The number of aliphatic carboxylic acids is 1. The number of nitrogens with two attached hydrogens (primary N) is 1. The number of rotatable bonds is 7. The highest BCUT2D eigenvalue weighted by molar-refractivity contribution is 8.01. The normalized spacial score (nSPS) is 25.2. The molecule has 0 spiro atoms. The van der Waals surface area contributed by atoms with Crippen molar-refractivity contribution >= 4 is 52.6 Å². The molecule has 4 rings (SSSR count). The van der Waals surface area contributed by atoms with Crippen molar-refractivity contribution in [3.05, 3.63) is 34.6 Å². The van der Waals surface area contributed by atoms with Gasteiger partial charge in [0, 0.05) is 18.1 Å². The molecule has 0 aliphatic carbocycles. The van der Waals surface area contributed by atoms with Gasteiger partial charge in [-0.05, 0) is 24.6 Å². The van der Waals surface area contributed by atoms with Crippen LogP contribution in [0.5, 0.6) is 5.75 Å². The number of thioether (sulfide) groups is 2. The number of aromatic hydroxyl groups is 1. The van der Waals surface area contributed by atoms with Gasteiger partial charge >= 0.3 is 5.97 Å². The third kappa shape index (κ3) is 4.52. The van der Waals surface area contributed by atoms with Gasteiger partial charge in [-0.15, -0.1) is 22.0 Å². The van der Waals surface area contributed by atoms with Crippen LogP contribution in [0, 0.1) is 18.2 Å². The summed E-state index contributed by atoms with van der Waals surface area (Å²) in [6.45, 7) is 1.83. The quantitative estimate of drug-likeness (QED) is 0.310. The molecule has 2 amide bonds. The van der Waals surface area contributed by atoms with Crippen LogP contribution < -0.4 is 11.1 Å². The first-order chi connectivity index (χ1) is 15.6. The van der Waals surface area contributed by atoms with Crippen molar-refractivity contribution in [3.63, 3.8) is 0 Å². The average molecular weight is 514 g/mol. The summed E-state index contributed by atoms with van der Waals surface area (Å²) >= 11 is 3.96. The molecule has 5 N–H and O–H groups in total. The number of nitrogens with one attached hydrogen (secondary N) is 1. The number of fused-ring (bicyclic) bond motifs is 1. The molecule has 2 saturated heterocycles. The van der Waals surface area contributed by atoms with Crippen LogP contribution in [0.4, 0.5) is 4.39 Å². The second kappa shape index (κ2) is 9.08. The molecule has 0 radical (unpaired) electrons. The number of aromatic nitrogens is 2. The number of nitrogens with zero attached hydrogens (tertiary/aromatic N) is 3. The maximum Gasteiger partial charge on any atom is 0.313 e. The number of phenolic OH excluding ortho intramolecular Hbond substituents is 1. The predicted molar refractivity (Wildman–Crippen MR) is 120 cm³/mol. The zero-order chi connectivity index (χ0) is 23.9. The monoisotopic (exact) mass is 513 g/mol. The van der Waals surface area contributed by atoms with E-state index in [0.29, 0.717) is 4.34 Å². The van der Waals surface area contributed by atoms with E-state index in [1.54, 1.807) is 0 Å². The molecule has 3 heterocycles. The first-order valence-corrected chi connectivity index (χ1v) is 12.6. The fraction of sp³-hybridized carbons (Fsp3) is 0.421. The average Bonchev–Trinajstić information content (AvgIpc) is 3.22. The highest BCUT2D eigenvalue weighted by Crippen LogP contribution is 2.44. The van der Waals surface area contributed by atoms with Gasteiger partial charge in [-0.1, -0.05) is 29.2 Å². The van der Waals surface area contributed by atoms with Crippen molar-refractivity contribution in [1.82, 2.24) is 20.4 Å². The van der Waals surface area contributed by atoms with Gasteiger partial charge in [0.1, 0.15) is 27.9 Å². The number of carbonyl (C=O) groups excluding carboxylic acids is 2. The van der Waals surface area contributed by atoms with E-state index in [9.17, 15) is 29.0 Å². The van der Waals surface area contributed by atoms with E-state index in [4.69, 9.17) is 5.73 Å². The number of hydrogen-bond donors (Lipinski definition) is 4. The second-order valence-electron chi connectivity index (χ2n) is 7.80. The smallest absolute Gasteiger partial charge is 0.313 e. The predicted octanol–water partition coefficient (Wildman–Crippen LogP) is 0.954. The zero-order valence-electron chi connectivity index (χ0n) is 17.2. The number of carboxylic acid groups (broad SMARTS) is 1. The Balaban J connectivity index is 1.39. The van der Waals surface area contributed by atoms with Crippen LogP contribution in [0.25, 0.3) is 0 Å². The van der Waals surface area contributed by atoms with Gasteiger partial charge in [-0.2, -0.15) is 0 Å². The molecule has 0 bridgehead atoms. The standard InChI is InChI=1S/C19H20FN5O5S3/c1-8-23-24-18(33-8)32-7-19(17(29)30)5-25-15(28)13(16(25)31-6-19)22-14(27)12(21)9-2-3-11(26)10(20)4-9/h2-4,12-13,16,26H,5-7,21H2,1H3,(H,22,27)(H,29,30)/t12?,13?,16-,19?/m1/s1. The minimum Gasteiger partial charge on any atom is -0.505 e. The Labute approximate surface area is 200 Å². The number of hydrogen-bond acceptors (Lipinski definition) is 10. The molecule has 0 saturated carbocycles. The topological polar surface area (TPSA) is 159 Å². The summed E-state index contributed by atoms with van der Waals surface area (Å²) < 4.78 is 14.2. The van der Waals surface area contributed by atoms with E-state index in [1.807, 2.05) is 6.92 Å². The maximum absolute atomic E-state index is 13.6. The summed E-state index contributed by atoms with van der Waals surface area (Å²) in [6.07, 6.45) is 0. The lowest BCUT2D eigenvalue weighted by Gasteiger charge is -2.53. The third-order valence-corrected chi connectivity index (χ3v) is 9.34. The fourth-order valence-electron chi connectivity index (χ4n) is 3.55. The van der Waals surface area contributed by atoms with Crippen molar-refractivity contribution in [2.45, 2.75) is 28.7 Å². The van der Waals surface area contributed by atoms with Crippen molar-refractivity contribution in [1.29, 1.82) is 0 Å². The summed E-state index contributed by atoms with van der Waals surface area (Å²) in [5.41, 5.74) is 4.89. The second-order valence-corrected chi connectivity index (χ2v) is 11.3. The Morgan fingerprint density at radius 1 is 1.45 bits per heavy atom. The van der Waals surface area contributed by atoms with Crippen LogP contribution in [-0.4, -0.2) is 72.6 Å². The van der Waals surface area contributed by atoms with Crippen molar-refractivity contribution in [2.75, 3.05) is 18.1 Å². The number of halogens is 1. The zero-order valence-corrected chi connectivity index (χ0v) is 19.7. The van der Waals surface area contributed by atoms with Crippen LogP contribution >= 0.6 is 34.9 Å². The van der Waals surface area contributed by atoms with Gasteiger partial charge in [0.05, 0.1) is 0 Å². The highest BCUT2D eigenvalue weighted by atomic mass is 32.2. The van der Waals surface area contributed by atoms with Crippen molar-refractivity contribution in [3.8, 4) is 5.75 Å². The summed E-state index contributed by atoms with van der Waals surface area (Å²) in [4.78, 5) is 38.8. The third-order valence-electron chi connectivity index (χ3n) is 5.49. The van der Waals surface area contributed by atoms with Crippen molar-refractivity contribution in [2.24, 2.45) is 11.1 Å². The van der Waals surface area contributed by atoms with E-state index < -0.39 is 52.2 Å². The van der Waals surface area contributed by atoms with Crippen LogP contribution in [-0.2, 0) is 14.4 Å². The molecule has 2 aromatic rings. The summed E-state index contributed by atoms with van der Waals surface area (Å²) in [6, 6.07) is 1.30. The van der Waals surface area contributed by atoms with E-state index in [2.05, 4.69) is 15.5 Å². The Hall–Kier alpha value is -2.42. The molecule has 176 valence electrons. The number of amides is 2. The number of carbonyl (C=O) groups is 3. The molecule has 2 aliphatic heterocycles. The molecule has 3 unspecified atom stereocenters. The van der Waals surface area contributed by atoms with Gasteiger partial charge in [0.15, 0.2) is 15.9 Å². The number of carboxylic acids is 1. The summed E-state index contributed by atoms with van der Waals surface area (Å²) in [5, 5.41) is 30.1. The lowest BCUT2D eigenvalue weighted by atomic mass is 9.89. The van der Waals surface area contributed by atoms with Crippen LogP contribution in [0.2, 0.25) is 0 Å². The summed E-state index contributed by atoms with van der Waals surface area (Å²) in [7, 11) is 0. The molecule has 2 fully saturated rings. The van der Waals surface area contributed by atoms with Gasteiger partial charge in [-0.25, -0.2) is 4.39 Å². The number of β-lactam (4-membered cyclic amide) rings is 1. The molecule has 14 heteroatoms. The largest absolute Gasteiger partial charge is 0.505 e. The van der Waals surface area contributed by atoms with Crippen LogP contribution in [0.3, 0.4) is 0 Å². The van der Waals surface area contributed by atoms with E-state index in [1.165, 1.54) is 45.8 Å². The first-order valence-electron chi connectivity index (χ1n) is 9.74. The maximum atomic E-state index is 13.6. The molecule has 1 aromatic heterocycles. The van der Waals surface area contributed by atoms with Gasteiger partial charge in [-0.3, -0.25) is 14.4 Å². The molecule has 2 aliphatic rings. The molecular weight excluding hydrogens is 493 g/mol. The molecule has 33 heavy (non-hydrogen) atoms. The first kappa shape index (κ1) is 23.7. The minimum absolute atomic E-state index is 0.0191. The van der Waals surface area contributed by atoms with Crippen LogP contribution in [0.1, 0.15) is 16.6 Å². The molecular formula is C19H20FN5O5S3. The van der Waals surface area contributed by atoms with E-state index >= 15 is 0 Å². The van der Waals surface area contributed by atoms with Gasteiger partial charge < -0.3 is 26.2 Å². The van der Waals surface area contributed by atoms with Gasteiger partial charge in [0.25, 0.3) is 0 Å². The Morgan fingerprint density at radius 2 is 2.21 bits per heavy atom. The van der Waals surface area contributed by atoms with Crippen LogP contribution in [0.15, 0.2) is 22.5 Å². The summed E-state index contributed by atoms with van der Waals surface area (Å²) in [5.74, 6) is -3.05. The SMILES string of the molecule is Cc1nnc(SCC2(C(=O)O)CS[C@@H]3C(NC(=O)C(N)c4ccc(O)c(F)c4)C(=O)N3C2)s1. The van der Waals surface area contributed by atoms with E-state index in [0.717, 1.165) is 17.1 Å². The van der Waals surface area contributed by atoms with Crippen molar-refractivity contribution < 1.29 is 29.0 Å². The number of benzene rings is 1. The Kier molecular flexibility index (Phi) is 6.53. The molecule has 10 nitrogen and oxygen atoms in total. The number of aryl methyl sites for hydroxylation is 1. The molecule has 1 aromatic carbocycles. The molecule has 4 atom stereocenters. The Bertz CT molecular complexity index is 1120. The Morgan fingerprint density at radius 3 is 2.85 bits per heavy atom. The fourth-order valence-corrected chi connectivity index (χ4v) is 7.23. The minimum atomic E-state index is -1.24. The van der Waals surface area contributed by atoms with E-state index in [-0.39, 0.29) is 23.6 Å².